The summed E-state index contributed by atoms with van der Waals surface area (Å²) < 4.78 is 39.4. The SMILES string of the molecule is C[C@H](NC(=O)c1c(Cl)c(C(F)(F)F)nn1C)[C@@H]1C[C@H]2CC[C@H]1C2. The van der Waals surface area contributed by atoms with Crippen molar-refractivity contribution in [3.05, 3.63) is 16.4 Å². The normalized spacial score (nSPS) is 28.2. The summed E-state index contributed by atoms with van der Waals surface area (Å²) in [6, 6.07) is -0.0851. The monoisotopic (exact) mass is 349 g/mol. The van der Waals surface area contributed by atoms with E-state index in [-0.39, 0.29) is 11.7 Å². The van der Waals surface area contributed by atoms with Crippen molar-refractivity contribution in [2.24, 2.45) is 24.8 Å². The van der Waals surface area contributed by atoms with Crippen LogP contribution in [0.25, 0.3) is 0 Å². The van der Waals surface area contributed by atoms with Crippen LogP contribution >= 0.6 is 11.6 Å². The lowest BCUT2D eigenvalue weighted by atomic mass is 9.84. The third-order valence-electron chi connectivity index (χ3n) is 5.27. The molecule has 3 rings (SSSR count). The summed E-state index contributed by atoms with van der Waals surface area (Å²) in [4.78, 5) is 12.4. The number of rotatable bonds is 3. The van der Waals surface area contributed by atoms with E-state index in [4.69, 9.17) is 11.6 Å². The van der Waals surface area contributed by atoms with Crippen LogP contribution in [0.1, 0.15) is 48.8 Å². The van der Waals surface area contributed by atoms with Gasteiger partial charge in [0.05, 0.1) is 0 Å². The van der Waals surface area contributed by atoms with Crippen molar-refractivity contribution in [3.63, 3.8) is 0 Å². The molecule has 0 aliphatic heterocycles. The highest BCUT2D eigenvalue weighted by atomic mass is 35.5. The maximum atomic E-state index is 12.8. The van der Waals surface area contributed by atoms with E-state index in [1.54, 1.807) is 0 Å². The van der Waals surface area contributed by atoms with Crippen molar-refractivity contribution < 1.29 is 18.0 Å². The maximum Gasteiger partial charge on any atom is 0.436 e. The van der Waals surface area contributed by atoms with Gasteiger partial charge in [-0.25, -0.2) is 0 Å². The average Bonchev–Trinajstić information content (AvgIpc) is 3.12. The highest BCUT2D eigenvalue weighted by molar-refractivity contribution is 6.34. The first-order valence-corrected chi connectivity index (χ1v) is 8.16. The summed E-state index contributed by atoms with van der Waals surface area (Å²) in [5.41, 5.74) is -1.46. The van der Waals surface area contributed by atoms with Gasteiger partial charge in [-0.1, -0.05) is 18.0 Å². The Morgan fingerprint density at radius 2 is 2.09 bits per heavy atom. The van der Waals surface area contributed by atoms with Gasteiger partial charge in [0.2, 0.25) is 0 Å². The number of carbonyl (C=O) groups excluding carboxylic acids is 1. The fourth-order valence-corrected chi connectivity index (χ4v) is 4.57. The summed E-state index contributed by atoms with van der Waals surface area (Å²) in [5.74, 6) is 1.15. The van der Waals surface area contributed by atoms with Crippen molar-refractivity contribution in [3.8, 4) is 0 Å². The Labute approximate surface area is 137 Å². The van der Waals surface area contributed by atoms with E-state index in [0.29, 0.717) is 11.8 Å². The molecule has 4 nitrogen and oxygen atoms in total. The van der Waals surface area contributed by atoms with Gasteiger partial charge in [0.1, 0.15) is 10.7 Å². The zero-order valence-electron chi connectivity index (χ0n) is 13.0. The Bertz CT molecular complexity index is 628. The lowest BCUT2D eigenvalue weighted by Gasteiger charge is -2.28. The summed E-state index contributed by atoms with van der Waals surface area (Å²) in [5, 5.41) is 5.52. The van der Waals surface area contributed by atoms with Crippen LogP contribution in [0.2, 0.25) is 5.02 Å². The first-order valence-electron chi connectivity index (χ1n) is 7.79. The quantitative estimate of drug-likeness (QED) is 0.905. The fraction of sp³-hybridized carbons (Fsp3) is 0.733. The topological polar surface area (TPSA) is 46.9 Å². The molecule has 128 valence electrons. The van der Waals surface area contributed by atoms with Crippen LogP contribution < -0.4 is 5.32 Å². The molecule has 2 bridgehead atoms. The molecule has 1 heterocycles. The maximum absolute atomic E-state index is 12.8. The smallest absolute Gasteiger partial charge is 0.348 e. The summed E-state index contributed by atoms with van der Waals surface area (Å²) in [6.07, 6.45) is 0.0444. The minimum Gasteiger partial charge on any atom is -0.348 e. The molecule has 0 unspecified atom stereocenters. The molecule has 0 radical (unpaired) electrons. The minimum absolute atomic E-state index is 0.0851. The van der Waals surface area contributed by atoms with Gasteiger partial charge in [-0.05, 0) is 43.9 Å². The van der Waals surface area contributed by atoms with E-state index in [9.17, 15) is 18.0 Å². The first kappa shape index (κ1) is 16.6. The predicted molar refractivity (Wildman–Crippen MR) is 79.1 cm³/mol. The number of amides is 1. The number of halogens is 4. The molecule has 0 spiro atoms. The Balaban J connectivity index is 1.75. The van der Waals surface area contributed by atoms with E-state index in [2.05, 4.69) is 10.4 Å². The Morgan fingerprint density at radius 3 is 2.57 bits per heavy atom. The second-order valence-corrected chi connectivity index (χ2v) is 7.11. The second-order valence-electron chi connectivity index (χ2n) is 6.73. The van der Waals surface area contributed by atoms with Gasteiger partial charge in [-0.3, -0.25) is 9.48 Å². The van der Waals surface area contributed by atoms with Crippen molar-refractivity contribution in [2.75, 3.05) is 0 Å². The molecule has 1 aromatic heterocycles. The number of nitrogens with one attached hydrogen (secondary N) is 1. The Hall–Kier alpha value is -1.24. The number of nitrogens with zero attached hydrogens (tertiary/aromatic N) is 2. The van der Waals surface area contributed by atoms with Crippen molar-refractivity contribution in [1.29, 1.82) is 0 Å². The highest BCUT2D eigenvalue weighted by Crippen LogP contribution is 2.49. The van der Waals surface area contributed by atoms with Gasteiger partial charge in [-0.15, -0.1) is 0 Å². The van der Waals surface area contributed by atoms with Crippen molar-refractivity contribution in [2.45, 2.75) is 44.8 Å². The zero-order chi connectivity index (χ0) is 16.9. The van der Waals surface area contributed by atoms with E-state index in [0.717, 1.165) is 17.0 Å². The van der Waals surface area contributed by atoms with Gasteiger partial charge >= 0.3 is 6.18 Å². The molecule has 4 atom stereocenters. The molecule has 0 aromatic carbocycles. The zero-order valence-corrected chi connectivity index (χ0v) is 13.7. The molecule has 2 fully saturated rings. The Kier molecular flexibility index (Phi) is 4.11. The highest BCUT2D eigenvalue weighted by Gasteiger charge is 2.43. The van der Waals surface area contributed by atoms with Crippen LogP contribution in [-0.4, -0.2) is 21.7 Å². The lowest BCUT2D eigenvalue weighted by Crippen LogP contribution is -2.40. The molecule has 8 heteroatoms. The van der Waals surface area contributed by atoms with E-state index in [1.807, 2.05) is 6.92 Å². The number of aromatic nitrogens is 2. The molecular weight excluding hydrogens is 331 g/mol. The minimum atomic E-state index is -4.68. The summed E-state index contributed by atoms with van der Waals surface area (Å²) in [6.45, 7) is 1.91. The third kappa shape index (κ3) is 2.95. The van der Waals surface area contributed by atoms with Crippen LogP contribution in [0.4, 0.5) is 13.2 Å². The van der Waals surface area contributed by atoms with E-state index < -0.39 is 22.8 Å². The first-order chi connectivity index (χ1) is 10.7. The number of alkyl halides is 3. The average molecular weight is 350 g/mol. The standard InChI is InChI=1S/C15H19ClF3N3O/c1-7(10-6-8-3-4-9(10)5-8)20-14(23)12-11(16)13(15(17,18)19)21-22(12)2/h7-10H,3-6H2,1-2H3,(H,20,23)/t7-,8-,9-,10-/m0/s1. The van der Waals surface area contributed by atoms with Crippen molar-refractivity contribution in [1.82, 2.24) is 15.1 Å². The number of hydrogen-bond acceptors (Lipinski definition) is 2. The Morgan fingerprint density at radius 1 is 1.39 bits per heavy atom. The number of hydrogen-bond donors (Lipinski definition) is 1. The summed E-state index contributed by atoms with van der Waals surface area (Å²) >= 11 is 5.75. The molecule has 2 aliphatic carbocycles. The number of carbonyl (C=O) groups is 1. The van der Waals surface area contributed by atoms with Crippen molar-refractivity contribution >= 4 is 17.5 Å². The molecule has 2 saturated carbocycles. The van der Waals surface area contributed by atoms with Gasteiger partial charge in [0.15, 0.2) is 5.69 Å². The van der Waals surface area contributed by atoms with E-state index in [1.165, 1.54) is 26.3 Å². The van der Waals surface area contributed by atoms with Crippen LogP contribution in [0.5, 0.6) is 0 Å². The van der Waals surface area contributed by atoms with Gasteiger partial charge < -0.3 is 5.32 Å². The van der Waals surface area contributed by atoms with E-state index >= 15 is 0 Å². The van der Waals surface area contributed by atoms with Crippen LogP contribution in [0.3, 0.4) is 0 Å². The lowest BCUT2D eigenvalue weighted by molar-refractivity contribution is -0.141. The molecule has 2 aliphatic rings. The van der Waals surface area contributed by atoms with Crippen LogP contribution in [0, 0.1) is 17.8 Å². The van der Waals surface area contributed by atoms with Crippen LogP contribution in [0.15, 0.2) is 0 Å². The van der Waals surface area contributed by atoms with Gasteiger partial charge in [0, 0.05) is 13.1 Å². The van der Waals surface area contributed by atoms with Crippen LogP contribution in [-0.2, 0) is 13.2 Å². The van der Waals surface area contributed by atoms with Gasteiger partial charge in [0.25, 0.3) is 5.91 Å². The molecule has 23 heavy (non-hydrogen) atoms. The molecular formula is C15H19ClF3N3O. The third-order valence-corrected chi connectivity index (χ3v) is 5.62. The predicted octanol–water partition coefficient (Wildman–Crippen LogP) is 3.65. The summed E-state index contributed by atoms with van der Waals surface area (Å²) in [7, 11) is 1.29. The second kappa shape index (κ2) is 5.69. The molecule has 1 amide bonds. The largest absolute Gasteiger partial charge is 0.436 e. The number of aryl methyl sites for hydroxylation is 1. The number of fused-ring (bicyclic) bond motifs is 2. The van der Waals surface area contributed by atoms with Gasteiger partial charge in [-0.2, -0.15) is 18.3 Å². The molecule has 1 N–H and O–H groups in total. The molecule has 1 aromatic rings. The fourth-order valence-electron chi connectivity index (χ4n) is 4.21. The molecule has 0 saturated heterocycles.